The fourth-order valence-electron chi connectivity index (χ4n) is 2.07. The number of hydrazine groups is 1. The molecule has 6 nitrogen and oxygen atoms in total. The van der Waals surface area contributed by atoms with E-state index in [0.717, 1.165) is 11.4 Å². The van der Waals surface area contributed by atoms with Crippen molar-refractivity contribution in [1.82, 2.24) is 19.5 Å². The number of nitrogens with zero attached hydrogens (tertiary/aromatic N) is 4. The van der Waals surface area contributed by atoms with Gasteiger partial charge in [-0.15, -0.1) is 0 Å². The van der Waals surface area contributed by atoms with Crippen molar-refractivity contribution < 1.29 is 0 Å². The Balaban J connectivity index is 2.07. The Labute approximate surface area is 112 Å². The fourth-order valence-corrected chi connectivity index (χ4v) is 2.07. The van der Waals surface area contributed by atoms with Crippen LogP contribution in [0.2, 0.25) is 0 Å². The van der Waals surface area contributed by atoms with Gasteiger partial charge >= 0.3 is 0 Å². The minimum atomic E-state index is 0.325. The molecule has 19 heavy (non-hydrogen) atoms. The van der Waals surface area contributed by atoms with Crippen molar-refractivity contribution >= 4 is 5.82 Å². The summed E-state index contributed by atoms with van der Waals surface area (Å²) < 4.78 is 2.15. The van der Waals surface area contributed by atoms with Gasteiger partial charge in [-0.05, 0) is 18.8 Å². The number of aromatic nitrogens is 4. The van der Waals surface area contributed by atoms with E-state index in [0.29, 0.717) is 23.6 Å². The summed E-state index contributed by atoms with van der Waals surface area (Å²) in [5, 5.41) is 0. The third kappa shape index (κ3) is 2.31. The quantitative estimate of drug-likeness (QED) is 0.648. The Bertz CT molecular complexity index is 585. The first-order valence-electron chi connectivity index (χ1n) is 6.57. The summed E-state index contributed by atoms with van der Waals surface area (Å²) in [5.41, 5.74) is 4.54. The molecule has 0 aliphatic heterocycles. The number of hydrogen-bond acceptors (Lipinski definition) is 5. The van der Waals surface area contributed by atoms with Crippen molar-refractivity contribution in [3.05, 3.63) is 24.3 Å². The van der Waals surface area contributed by atoms with Crippen LogP contribution in [0.1, 0.15) is 44.3 Å². The zero-order valence-electron chi connectivity index (χ0n) is 11.2. The van der Waals surface area contributed by atoms with Crippen molar-refractivity contribution in [3.63, 3.8) is 0 Å². The lowest BCUT2D eigenvalue weighted by Gasteiger charge is -2.11. The zero-order valence-corrected chi connectivity index (χ0v) is 11.2. The minimum Gasteiger partial charge on any atom is -0.325 e. The Kier molecular flexibility index (Phi) is 2.94. The van der Waals surface area contributed by atoms with Gasteiger partial charge in [-0.2, -0.15) is 0 Å². The number of nitrogen functional groups attached to an aromatic ring is 1. The first-order chi connectivity index (χ1) is 9.19. The van der Waals surface area contributed by atoms with Gasteiger partial charge in [-0.25, -0.2) is 20.8 Å². The van der Waals surface area contributed by atoms with Gasteiger partial charge in [0.2, 0.25) is 0 Å². The van der Waals surface area contributed by atoms with Gasteiger partial charge in [0.1, 0.15) is 11.5 Å². The van der Waals surface area contributed by atoms with E-state index in [1.165, 1.54) is 12.8 Å². The molecule has 1 fully saturated rings. The van der Waals surface area contributed by atoms with E-state index in [-0.39, 0.29) is 0 Å². The number of hydrogen-bond donors (Lipinski definition) is 2. The maximum absolute atomic E-state index is 5.49. The molecule has 6 heteroatoms. The molecule has 0 spiro atoms. The highest BCUT2D eigenvalue weighted by Gasteiger charge is 2.26. The van der Waals surface area contributed by atoms with E-state index in [1.807, 2.05) is 18.6 Å². The van der Waals surface area contributed by atoms with Crippen LogP contribution in [0.4, 0.5) is 5.82 Å². The molecular weight excluding hydrogens is 240 g/mol. The highest BCUT2D eigenvalue weighted by Crippen LogP contribution is 2.37. The lowest BCUT2D eigenvalue weighted by atomic mass is 10.1. The van der Waals surface area contributed by atoms with Gasteiger partial charge in [-0.1, -0.05) is 13.8 Å². The molecule has 2 aromatic heterocycles. The van der Waals surface area contributed by atoms with E-state index in [2.05, 4.69) is 38.8 Å². The van der Waals surface area contributed by atoms with Gasteiger partial charge in [0.15, 0.2) is 5.82 Å². The summed E-state index contributed by atoms with van der Waals surface area (Å²) in [7, 11) is 0. The van der Waals surface area contributed by atoms with Crippen LogP contribution in [0, 0.1) is 0 Å². The Morgan fingerprint density at radius 2 is 2.16 bits per heavy atom. The second kappa shape index (κ2) is 4.62. The largest absolute Gasteiger partial charge is 0.325 e. The highest BCUT2D eigenvalue weighted by molar-refractivity contribution is 5.53. The van der Waals surface area contributed by atoms with Crippen molar-refractivity contribution in [2.75, 3.05) is 5.43 Å². The Hall–Kier alpha value is -1.95. The van der Waals surface area contributed by atoms with Crippen LogP contribution in [0.25, 0.3) is 11.5 Å². The molecule has 1 saturated carbocycles. The number of rotatable bonds is 4. The molecule has 0 saturated heterocycles. The van der Waals surface area contributed by atoms with E-state index in [4.69, 9.17) is 5.84 Å². The molecule has 0 aromatic carbocycles. The standard InChI is InChI=1S/C13H18N6/c1-8(2)10-5-12(18-14)17-13(16-10)11-6-15-7-19(11)9-3-4-9/h5-9H,3-4,14H2,1-2H3,(H,16,17,18). The molecular formula is C13H18N6. The first-order valence-corrected chi connectivity index (χ1v) is 6.57. The van der Waals surface area contributed by atoms with Gasteiger partial charge in [0.05, 0.1) is 12.5 Å². The summed E-state index contributed by atoms with van der Waals surface area (Å²) in [6.45, 7) is 4.20. The van der Waals surface area contributed by atoms with Crippen molar-refractivity contribution in [1.29, 1.82) is 0 Å². The number of anilines is 1. The topological polar surface area (TPSA) is 81.6 Å². The molecule has 1 aliphatic carbocycles. The predicted octanol–water partition coefficient (Wildman–Crippen LogP) is 2.08. The van der Waals surface area contributed by atoms with Crippen LogP contribution in [0.15, 0.2) is 18.6 Å². The summed E-state index contributed by atoms with van der Waals surface area (Å²) in [4.78, 5) is 13.3. The van der Waals surface area contributed by atoms with Crippen LogP contribution in [0.3, 0.4) is 0 Å². The Morgan fingerprint density at radius 3 is 2.79 bits per heavy atom. The average molecular weight is 258 g/mol. The summed E-state index contributed by atoms with van der Waals surface area (Å²) in [6.07, 6.45) is 6.08. The molecule has 0 atom stereocenters. The maximum Gasteiger partial charge on any atom is 0.180 e. The fraction of sp³-hybridized carbons (Fsp3) is 0.462. The third-order valence-corrected chi connectivity index (χ3v) is 3.32. The summed E-state index contributed by atoms with van der Waals surface area (Å²) in [6, 6.07) is 2.43. The maximum atomic E-state index is 5.49. The van der Waals surface area contributed by atoms with Crippen molar-refractivity contribution in [2.45, 2.75) is 38.6 Å². The highest BCUT2D eigenvalue weighted by atomic mass is 15.3. The SMILES string of the molecule is CC(C)c1cc(NN)nc(-c2cncn2C2CC2)n1. The van der Waals surface area contributed by atoms with E-state index >= 15 is 0 Å². The van der Waals surface area contributed by atoms with Gasteiger partial charge in [0.25, 0.3) is 0 Å². The normalized spacial score (nSPS) is 14.9. The number of nitrogens with one attached hydrogen (secondary N) is 1. The van der Waals surface area contributed by atoms with Crippen LogP contribution in [0.5, 0.6) is 0 Å². The van der Waals surface area contributed by atoms with Crippen LogP contribution in [-0.4, -0.2) is 19.5 Å². The van der Waals surface area contributed by atoms with E-state index in [1.54, 1.807) is 0 Å². The molecule has 0 unspecified atom stereocenters. The van der Waals surface area contributed by atoms with Crippen molar-refractivity contribution in [2.24, 2.45) is 5.84 Å². The van der Waals surface area contributed by atoms with Crippen molar-refractivity contribution in [3.8, 4) is 11.5 Å². The van der Waals surface area contributed by atoms with Crippen LogP contribution >= 0.6 is 0 Å². The molecule has 100 valence electrons. The van der Waals surface area contributed by atoms with E-state index in [9.17, 15) is 0 Å². The number of nitrogens with two attached hydrogens (primary N) is 1. The molecule has 0 bridgehead atoms. The molecule has 2 heterocycles. The molecule has 0 radical (unpaired) electrons. The first kappa shape index (κ1) is 12.1. The number of imidazole rings is 1. The summed E-state index contributed by atoms with van der Waals surface area (Å²) >= 11 is 0. The van der Waals surface area contributed by atoms with Gasteiger partial charge in [0, 0.05) is 17.8 Å². The smallest absolute Gasteiger partial charge is 0.180 e. The molecule has 3 rings (SSSR count). The lowest BCUT2D eigenvalue weighted by molar-refractivity contribution is 0.739. The monoisotopic (exact) mass is 258 g/mol. The molecule has 3 N–H and O–H groups in total. The molecule has 2 aromatic rings. The van der Waals surface area contributed by atoms with Gasteiger partial charge < -0.3 is 9.99 Å². The minimum absolute atomic E-state index is 0.325. The summed E-state index contributed by atoms with van der Waals surface area (Å²) in [5.74, 6) is 7.13. The zero-order chi connectivity index (χ0) is 13.4. The predicted molar refractivity (Wildman–Crippen MR) is 73.4 cm³/mol. The van der Waals surface area contributed by atoms with Crippen LogP contribution in [-0.2, 0) is 0 Å². The van der Waals surface area contributed by atoms with E-state index < -0.39 is 0 Å². The Morgan fingerprint density at radius 1 is 1.37 bits per heavy atom. The second-order valence-corrected chi connectivity index (χ2v) is 5.22. The lowest BCUT2D eigenvalue weighted by Crippen LogP contribution is -2.11. The van der Waals surface area contributed by atoms with Gasteiger partial charge in [-0.3, -0.25) is 0 Å². The second-order valence-electron chi connectivity index (χ2n) is 5.22. The average Bonchev–Trinajstić information content (AvgIpc) is 3.15. The molecule has 1 aliphatic rings. The molecule has 0 amide bonds. The third-order valence-electron chi connectivity index (χ3n) is 3.32. The van der Waals surface area contributed by atoms with Crippen LogP contribution < -0.4 is 11.3 Å².